The van der Waals surface area contributed by atoms with E-state index in [0.717, 1.165) is 19.0 Å². The van der Waals surface area contributed by atoms with E-state index in [1.165, 1.54) is 32.4 Å². The van der Waals surface area contributed by atoms with E-state index in [0.29, 0.717) is 13.2 Å². The summed E-state index contributed by atoms with van der Waals surface area (Å²) in [5.74, 6) is 0.870. The predicted molar refractivity (Wildman–Crippen MR) is 66.6 cm³/mol. The fourth-order valence-corrected chi connectivity index (χ4v) is 2.54. The summed E-state index contributed by atoms with van der Waals surface area (Å²) in [4.78, 5) is 2.40. The van der Waals surface area contributed by atoms with Gasteiger partial charge in [-0.25, -0.2) is 0 Å². The number of nitrogens with one attached hydrogen (secondary N) is 1. The van der Waals surface area contributed by atoms with Crippen LogP contribution in [-0.2, 0) is 4.74 Å². The van der Waals surface area contributed by atoms with Crippen molar-refractivity contribution in [1.82, 2.24) is 10.2 Å². The van der Waals surface area contributed by atoms with Gasteiger partial charge in [-0.15, -0.1) is 0 Å². The summed E-state index contributed by atoms with van der Waals surface area (Å²) >= 11 is 0. The molecule has 17 heavy (non-hydrogen) atoms. The third-order valence-electron chi connectivity index (χ3n) is 4.02. The van der Waals surface area contributed by atoms with E-state index < -0.39 is 0 Å². The van der Waals surface area contributed by atoms with Crippen molar-refractivity contribution in [3.05, 3.63) is 0 Å². The number of nitriles is 1. The Morgan fingerprint density at radius 1 is 1.41 bits per heavy atom. The molecule has 2 saturated heterocycles. The molecule has 0 spiro atoms. The van der Waals surface area contributed by atoms with E-state index in [9.17, 15) is 0 Å². The normalized spacial score (nSPS) is 25.2. The van der Waals surface area contributed by atoms with Crippen LogP contribution in [0, 0.1) is 22.7 Å². The van der Waals surface area contributed by atoms with Crippen LogP contribution in [0.15, 0.2) is 0 Å². The first-order valence-corrected chi connectivity index (χ1v) is 6.62. The van der Waals surface area contributed by atoms with Crippen molar-refractivity contribution in [3.63, 3.8) is 0 Å². The Labute approximate surface area is 104 Å². The lowest BCUT2D eigenvalue weighted by Crippen LogP contribution is -2.48. The number of rotatable bonds is 5. The Hall–Kier alpha value is -0.630. The van der Waals surface area contributed by atoms with Crippen molar-refractivity contribution in [2.75, 3.05) is 46.4 Å². The van der Waals surface area contributed by atoms with E-state index in [2.05, 4.69) is 23.3 Å². The molecule has 0 atom stereocenters. The molecule has 0 aromatic rings. The molecule has 0 aromatic carbocycles. The molecule has 96 valence electrons. The van der Waals surface area contributed by atoms with Gasteiger partial charge in [0, 0.05) is 6.54 Å². The number of hydrogen-bond donors (Lipinski definition) is 1. The molecule has 0 aromatic heterocycles. The van der Waals surface area contributed by atoms with Crippen LogP contribution in [-0.4, -0.2) is 51.3 Å². The van der Waals surface area contributed by atoms with Crippen LogP contribution in [0.2, 0.25) is 0 Å². The topological polar surface area (TPSA) is 48.3 Å². The smallest absolute Gasteiger partial charge is 0.116 e. The van der Waals surface area contributed by atoms with Gasteiger partial charge in [0.15, 0.2) is 0 Å². The molecule has 0 radical (unpaired) electrons. The molecule has 1 N–H and O–H groups in total. The van der Waals surface area contributed by atoms with Gasteiger partial charge in [-0.2, -0.15) is 5.26 Å². The molecule has 2 aliphatic rings. The summed E-state index contributed by atoms with van der Waals surface area (Å²) in [6.07, 6.45) is 3.89. The van der Waals surface area contributed by atoms with Crippen molar-refractivity contribution >= 4 is 0 Å². The standard InChI is InChI=1S/C13H23N3O/c1-16-6-3-12(4-7-16)2-5-15-9-13(8-14)10-17-11-13/h12,15H,2-7,9-11H2,1H3. The van der Waals surface area contributed by atoms with Crippen LogP contribution in [0.3, 0.4) is 0 Å². The molecule has 2 fully saturated rings. The van der Waals surface area contributed by atoms with E-state index in [1.54, 1.807) is 0 Å². The lowest BCUT2D eigenvalue weighted by Gasteiger charge is -2.35. The molecule has 0 bridgehead atoms. The lowest BCUT2D eigenvalue weighted by molar-refractivity contribution is -0.0754. The largest absolute Gasteiger partial charge is 0.378 e. The van der Waals surface area contributed by atoms with Gasteiger partial charge < -0.3 is 15.0 Å². The minimum absolute atomic E-state index is 0.229. The molecule has 2 aliphatic heterocycles. The summed E-state index contributed by atoms with van der Waals surface area (Å²) in [5, 5.41) is 12.5. The van der Waals surface area contributed by atoms with Crippen LogP contribution in [0.25, 0.3) is 0 Å². The highest BCUT2D eigenvalue weighted by Crippen LogP contribution is 2.25. The number of hydrogen-bond acceptors (Lipinski definition) is 4. The van der Waals surface area contributed by atoms with Crippen molar-refractivity contribution in [3.8, 4) is 6.07 Å². The number of likely N-dealkylation sites (tertiary alicyclic amines) is 1. The van der Waals surface area contributed by atoms with Crippen LogP contribution in [0.4, 0.5) is 0 Å². The highest BCUT2D eigenvalue weighted by atomic mass is 16.5. The zero-order chi connectivity index (χ0) is 12.1. The number of piperidine rings is 1. The van der Waals surface area contributed by atoms with Crippen molar-refractivity contribution < 1.29 is 4.74 Å². The molecule has 0 saturated carbocycles. The third-order valence-corrected chi connectivity index (χ3v) is 4.02. The van der Waals surface area contributed by atoms with Gasteiger partial charge in [-0.1, -0.05) is 0 Å². The van der Waals surface area contributed by atoms with Crippen LogP contribution < -0.4 is 5.32 Å². The van der Waals surface area contributed by atoms with Gasteiger partial charge in [0.25, 0.3) is 0 Å². The first kappa shape index (κ1) is 12.8. The highest BCUT2D eigenvalue weighted by Gasteiger charge is 2.38. The molecule has 4 heteroatoms. The molecule has 0 amide bonds. The summed E-state index contributed by atoms with van der Waals surface area (Å²) < 4.78 is 5.12. The molecule has 2 rings (SSSR count). The third kappa shape index (κ3) is 3.41. The summed E-state index contributed by atoms with van der Waals surface area (Å²) in [5.41, 5.74) is -0.229. The van der Waals surface area contributed by atoms with E-state index in [-0.39, 0.29) is 5.41 Å². The minimum atomic E-state index is -0.229. The second-order valence-electron chi connectivity index (χ2n) is 5.60. The van der Waals surface area contributed by atoms with Crippen LogP contribution >= 0.6 is 0 Å². The first-order chi connectivity index (χ1) is 8.24. The van der Waals surface area contributed by atoms with Crippen LogP contribution in [0.5, 0.6) is 0 Å². The van der Waals surface area contributed by atoms with Crippen molar-refractivity contribution in [2.24, 2.45) is 11.3 Å². The maximum Gasteiger partial charge on any atom is 0.116 e. The highest BCUT2D eigenvalue weighted by molar-refractivity contribution is 5.05. The molecule has 0 unspecified atom stereocenters. The summed E-state index contributed by atoms with van der Waals surface area (Å²) in [6, 6.07) is 2.36. The van der Waals surface area contributed by atoms with E-state index >= 15 is 0 Å². The van der Waals surface area contributed by atoms with E-state index in [1.807, 2.05) is 0 Å². The zero-order valence-corrected chi connectivity index (χ0v) is 10.7. The molecular weight excluding hydrogens is 214 g/mol. The molecule has 4 nitrogen and oxygen atoms in total. The van der Waals surface area contributed by atoms with Gasteiger partial charge in [-0.3, -0.25) is 0 Å². The predicted octanol–water partition coefficient (Wildman–Crippen LogP) is 0.848. The van der Waals surface area contributed by atoms with Gasteiger partial charge in [-0.05, 0) is 51.9 Å². The second kappa shape index (κ2) is 5.81. The second-order valence-corrected chi connectivity index (χ2v) is 5.60. The van der Waals surface area contributed by atoms with Gasteiger partial charge >= 0.3 is 0 Å². The monoisotopic (exact) mass is 237 g/mol. The van der Waals surface area contributed by atoms with Gasteiger partial charge in [0.05, 0.1) is 19.3 Å². The Kier molecular flexibility index (Phi) is 4.38. The number of nitrogens with zero attached hydrogens (tertiary/aromatic N) is 2. The summed E-state index contributed by atoms with van der Waals surface area (Å²) in [7, 11) is 2.20. The first-order valence-electron chi connectivity index (χ1n) is 6.62. The lowest BCUT2D eigenvalue weighted by atomic mass is 9.87. The maximum atomic E-state index is 9.04. The number of ether oxygens (including phenoxy) is 1. The Morgan fingerprint density at radius 3 is 2.65 bits per heavy atom. The van der Waals surface area contributed by atoms with Crippen LogP contribution in [0.1, 0.15) is 19.3 Å². The SMILES string of the molecule is CN1CCC(CCNCC2(C#N)COC2)CC1. The quantitative estimate of drug-likeness (QED) is 0.720. The van der Waals surface area contributed by atoms with E-state index in [4.69, 9.17) is 10.00 Å². The fourth-order valence-electron chi connectivity index (χ4n) is 2.54. The average molecular weight is 237 g/mol. The summed E-state index contributed by atoms with van der Waals surface area (Å²) in [6.45, 7) is 5.50. The molecule has 2 heterocycles. The molecule has 0 aliphatic carbocycles. The Bertz CT molecular complexity index is 275. The Morgan fingerprint density at radius 2 is 2.12 bits per heavy atom. The van der Waals surface area contributed by atoms with Gasteiger partial charge in [0.2, 0.25) is 0 Å². The van der Waals surface area contributed by atoms with Crippen molar-refractivity contribution in [2.45, 2.75) is 19.3 Å². The average Bonchev–Trinajstić information content (AvgIpc) is 2.30. The zero-order valence-electron chi connectivity index (χ0n) is 10.7. The van der Waals surface area contributed by atoms with Gasteiger partial charge in [0.1, 0.15) is 5.41 Å². The fraction of sp³-hybridized carbons (Fsp3) is 0.923. The minimum Gasteiger partial charge on any atom is -0.378 e. The maximum absolute atomic E-state index is 9.04. The molecular formula is C13H23N3O. The Balaban J connectivity index is 1.56. The van der Waals surface area contributed by atoms with Crippen molar-refractivity contribution in [1.29, 1.82) is 5.26 Å².